The first kappa shape index (κ1) is 15.0. The number of carbonyl (C=O) groups excluding carboxylic acids is 2. The molecule has 1 fully saturated rings. The lowest BCUT2D eigenvalue weighted by atomic mass is 10.0. The fourth-order valence-corrected chi connectivity index (χ4v) is 2.29. The van der Waals surface area contributed by atoms with Gasteiger partial charge in [-0.05, 0) is 25.7 Å². The molecule has 104 valence electrons. The van der Waals surface area contributed by atoms with E-state index in [0.29, 0.717) is 18.9 Å². The minimum absolute atomic E-state index is 0.170. The zero-order chi connectivity index (χ0) is 13.4. The molecule has 5 heteroatoms. The van der Waals surface area contributed by atoms with Gasteiger partial charge in [0, 0.05) is 12.5 Å². The number of nitrogens with one attached hydrogen (secondary N) is 1. The molecule has 0 aromatic rings. The third-order valence-corrected chi connectivity index (χ3v) is 3.39. The van der Waals surface area contributed by atoms with Gasteiger partial charge in [0.15, 0.2) is 0 Å². The molecule has 0 aromatic heterocycles. The van der Waals surface area contributed by atoms with Crippen LogP contribution in [-0.4, -0.2) is 31.1 Å². The fraction of sp³-hybridized carbons (Fsp3) is 0.846. The van der Waals surface area contributed by atoms with E-state index in [9.17, 15) is 9.59 Å². The van der Waals surface area contributed by atoms with E-state index in [4.69, 9.17) is 5.73 Å². The molecule has 1 heterocycles. The van der Waals surface area contributed by atoms with E-state index < -0.39 is 6.04 Å². The Kier molecular flexibility index (Phi) is 6.72. The van der Waals surface area contributed by atoms with Gasteiger partial charge in [-0.25, -0.2) is 0 Å². The predicted octanol–water partition coefficient (Wildman–Crippen LogP) is 1.11. The van der Waals surface area contributed by atoms with Crippen molar-refractivity contribution in [3.63, 3.8) is 0 Å². The van der Waals surface area contributed by atoms with Crippen molar-refractivity contribution >= 4 is 11.9 Å². The van der Waals surface area contributed by atoms with Gasteiger partial charge in [-0.3, -0.25) is 9.59 Å². The quantitative estimate of drug-likeness (QED) is 0.551. The predicted molar refractivity (Wildman–Crippen MR) is 68.9 cm³/mol. The number of amides is 1. The van der Waals surface area contributed by atoms with Crippen molar-refractivity contribution < 1.29 is 14.3 Å². The molecule has 1 amide bonds. The van der Waals surface area contributed by atoms with Crippen LogP contribution in [0.4, 0.5) is 0 Å². The molecule has 1 aliphatic heterocycles. The number of methoxy groups -OCH3 is 1. The minimum Gasteiger partial charge on any atom is -0.468 e. The lowest BCUT2D eigenvalue weighted by Gasteiger charge is -2.16. The summed E-state index contributed by atoms with van der Waals surface area (Å²) in [6.07, 6.45) is 7.32. The van der Waals surface area contributed by atoms with E-state index in [1.54, 1.807) is 0 Å². The van der Waals surface area contributed by atoms with Gasteiger partial charge in [-0.15, -0.1) is 0 Å². The number of ether oxygens (including phenoxy) is 1. The maximum atomic E-state index is 11.4. The Morgan fingerprint density at radius 2 is 2.28 bits per heavy atom. The van der Waals surface area contributed by atoms with Crippen LogP contribution in [0, 0.1) is 0 Å². The normalized spacial score (nSPS) is 21.9. The van der Waals surface area contributed by atoms with Crippen LogP contribution in [0.2, 0.25) is 0 Å². The summed E-state index contributed by atoms with van der Waals surface area (Å²) in [4.78, 5) is 22.5. The number of unbranched alkanes of at least 4 members (excludes halogenated alkanes) is 1. The molecule has 2 atom stereocenters. The average Bonchev–Trinajstić information content (AvgIpc) is 2.57. The Morgan fingerprint density at radius 3 is 3.00 bits per heavy atom. The van der Waals surface area contributed by atoms with Gasteiger partial charge in [0.1, 0.15) is 6.04 Å². The van der Waals surface area contributed by atoms with Gasteiger partial charge in [-0.2, -0.15) is 0 Å². The SMILES string of the molecule is COC(=O)[C@H](N)CCCC[C@H]1CCCCC(=O)N1. The summed E-state index contributed by atoms with van der Waals surface area (Å²) in [6.45, 7) is 0. The molecule has 18 heavy (non-hydrogen) atoms. The molecule has 1 saturated heterocycles. The Bertz CT molecular complexity index is 281. The number of hydrogen-bond donors (Lipinski definition) is 2. The van der Waals surface area contributed by atoms with Gasteiger partial charge in [0.05, 0.1) is 7.11 Å². The Labute approximate surface area is 108 Å². The zero-order valence-corrected chi connectivity index (χ0v) is 11.1. The molecule has 0 bridgehead atoms. The van der Waals surface area contributed by atoms with Crippen LogP contribution < -0.4 is 11.1 Å². The van der Waals surface area contributed by atoms with E-state index >= 15 is 0 Å². The molecule has 0 radical (unpaired) electrons. The third kappa shape index (κ3) is 5.49. The molecular weight excluding hydrogens is 232 g/mol. The monoisotopic (exact) mass is 256 g/mol. The molecule has 5 nitrogen and oxygen atoms in total. The lowest BCUT2D eigenvalue weighted by Crippen LogP contribution is -2.33. The fourth-order valence-electron chi connectivity index (χ4n) is 2.29. The lowest BCUT2D eigenvalue weighted by molar-refractivity contribution is -0.142. The summed E-state index contributed by atoms with van der Waals surface area (Å²) in [5, 5.41) is 3.04. The highest BCUT2D eigenvalue weighted by Gasteiger charge is 2.17. The Morgan fingerprint density at radius 1 is 1.50 bits per heavy atom. The topological polar surface area (TPSA) is 81.4 Å². The van der Waals surface area contributed by atoms with Crippen molar-refractivity contribution in [1.29, 1.82) is 0 Å². The van der Waals surface area contributed by atoms with E-state index in [1.807, 2.05) is 0 Å². The first-order chi connectivity index (χ1) is 8.63. The van der Waals surface area contributed by atoms with E-state index in [1.165, 1.54) is 7.11 Å². The van der Waals surface area contributed by atoms with Gasteiger partial charge in [0.2, 0.25) is 5.91 Å². The molecule has 1 rings (SSSR count). The number of rotatable bonds is 6. The van der Waals surface area contributed by atoms with Crippen LogP contribution in [0.3, 0.4) is 0 Å². The van der Waals surface area contributed by atoms with Crippen molar-refractivity contribution in [3.8, 4) is 0 Å². The minimum atomic E-state index is -0.515. The molecule has 0 saturated carbocycles. The highest BCUT2D eigenvalue weighted by molar-refractivity contribution is 5.76. The number of nitrogens with two attached hydrogens (primary N) is 1. The zero-order valence-electron chi connectivity index (χ0n) is 11.1. The van der Waals surface area contributed by atoms with Gasteiger partial charge >= 0.3 is 5.97 Å². The maximum Gasteiger partial charge on any atom is 0.322 e. The Balaban J connectivity index is 2.13. The van der Waals surface area contributed by atoms with Gasteiger partial charge in [0.25, 0.3) is 0 Å². The number of carbonyl (C=O) groups is 2. The van der Waals surface area contributed by atoms with Crippen LogP contribution in [0.25, 0.3) is 0 Å². The van der Waals surface area contributed by atoms with Gasteiger partial charge in [-0.1, -0.05) is 19.3 Å². The van der Waals surface area contributed by atoms with E-state index in [-0.39, 0.29) is 11.9 Å². The third-order valence-electron chi connectivity index (χ3n) is 3.39. The second-order valence-corrected chi connectivity index (χ2v) is 4.92. The largest absolute Gasteiger partial charge is 0.468 e. The van der Waals surface area contributed by atoms with Crippen LogP contribution in [0.1, 0.15) is 51.4 Å². The standard InChI is InChI=1S/C13H24N2O3/c1-18-13(17)11(14)8-4-2-6-10-7-3-5-9-12(16)15-10/h10-11H,2-9,14H2,1H3,(H,15,16)/t10-,11+/m0/s1. The molecular formula is C13H24N2O3. The highest BCUT2D eigenvalue weighted by Crippen LogP contribution is 2.15. The first-order valence-electron chi connectivity index (χ1n) is 6.76. The molecule has 0 unspecified atom stereocenters. The summed E-state index contributed by atoms with van der Waals surface area (Å²) in [5.74, 6) is -0.179. The van der Waals surface area contributed by atoms with Crippen LogP contribution >= 0.6 is 0 Å². The van der Waals surface area contributed by atoms with Crippen molar-refractivity contribution in [3.05, 3.63) is 0 Å². The van der Waals surface area contributed by atoms with Crippen molar-refractivity contribution in [2.24, 2.45) is 5.73 Å². The van der Waals surface area contributed by atoms with Crippen LogP contribution in [-0.2, 0) is 14.3 Å². The molecule has 0 spiro atoms. The first-order valence-corrected chi connectivity index (χ1v) is 6.76. The summed E-state index contributed by atoms with van der Waals surface area (Å²) in [6, 6.07) is -0.215. The van der Waals surface area contributed by atoms with Gasteiger partial charge < -0.3 is 15.8 Å². The second kappa shape index (κ2) is 8.08. The average molecular weight is 256 g/mol. The number of esters is 1. The summed E-state index contributed by atoms with van der Waals surface area (Å²) >= 11 is 0. The molecule has 1 aliphatic rings. The Hall–Kier alpha value is -1.10. The van der Waals surface area contributed by atoms with E-state index in [2.05, 4.69) is 10.1 Å². The second-order valence-electron chi connectivity index (χ2n) is 4.92. The van der Waals surface area contributed by atoms with Crippen LogP contribution in [0.5, 0.6) is 0 Å². The maximum absolute atomic E-state index is 11.4. The summed E-state index contributed by atoms with van der Waals surface area (Å²) in [7, 11) is 1.35. The van der Waals surface area contributed by atoms with Crippen LogP contribution in [0.15, 0.2) is 0 Å². The van der Waals surface area contributed by atoms with Crippen molar-refractivity contribution in [2.75, 3.05) is 7.11 Å². The highest BCUT2D eigenvalue weighted by atomic mass is 16.5. The molecule has 3 N–H and O–H groups in total. The van der Waals surface area contributed by atoms with E-state index in [0.717, 1.165) is 38.5 Å². The van der Waals surface area contributed by atoms with Crippen molar-refractivity contribution in [2.45, 2.75) is 63.5 Å². The van der Waals surface area contributed by atoms with Crippen molar-refractivity contribution in [1.82, 2.24) is 5.32 Å². The smallest absolute Gasteiger partial charge is 0.322 e. The molecule has 0 aliphatic carbocycles. The molecule has 0 aromatic carbocycles. The number of hydrogen-bond acceptors (Lipinski definition) is 4. The summed E-state index contributed by atoms with van der Waals surface area (Å²) < 4.78 is 4.57. The summed E-state index contributed by atoms with van der Waals surface area (Å²) in [5.41, 5.74) is 5.65.